The van der Waals surface area contributed by atoms with Crippen LogP contribution in [-0.2, 0) is 6.54 Å². The molecule has 0 aliphatic heterocycles. The molecule has 0 atom stereocenters. The quantitative estimate of drug-likeness (QED) is 0.872. The van der Waals surface area contributed by atoms with E-state index >= 15 is 0 Å². The standard InChI is InChI=1S/C17H21NO2/c1-4-18-12-14-11-16(20-3)9-10-17(14)13-5-7-15(19-2)8-6-13/h5-11,18H,4,12H2,1-3H3. The number of ether oxygens (including phenoxy) is 2. The van der Waals surface area contributed by atoms with Crippen LogP contribution in [0.5, 0.6) is 11.5 Å². The zero-order chi connectivity index (χ0) is 14.4. The lowest BCUT2D eigenvalue weighted by Crippen LogP contribution is -2.12. The monoisotopic (exact) mass is 271 g/mol. The highest BCUT2D eigenvalue weighted by Crippen LogP contribution is 2.28. The molecule has 2 rings (SSSR count). The van der Waals surface area contributed by atoms with Gasteiger partial charge < -0.3 is 14.8 Å². The van der Waals surface area contributed by atoms with Crippen LogP contribution in [0.2, 0.25) is 0 Å². The Kier molecular flexibility index (Phi) is 5.02. The molecule has 0 spiro atoms. The first kappa shape index (κ1) is 14.4. The van der Waals surface area contributed by atoms with Crippen LogP contribution >= 0.6 is 0 Å². The van der Waals surface area contributed by atoms with Gasteiger partial charge >= 0.3 is 0 Å². The molecule has 0 aliphatic carbocycles. The molecule has 2 aromatic rings. The van der Waals surface area contributed by atoms with Crippen molar-refractivity contribution in [3.05, 3.63) is 48.0 Å². The predicted octanol–water partition coefficient (Wildman–Crippen LogP) is 3.48. The fourth-order valence-electron chi connectivity index (χ4n) is 2.16. The molecule has 20 heavy (non-hydrogen) atoms. The van der Waals surface area contributed by atoms with E-state index in [-0.39, 0.29) is 0 Å². The van der Waals surface area contributed by atoms with Gasteiger partial charge in [0.15, 0.2) is 0 Å². The van der Waals surface area contributed by atoms with E-state index in [4.69, 9.17) is 9.47 Å². The van der Waals surface area contributed by atoms with E-state index in [1.54, 1.807) is 14.2 Å². The average molecular weight is 271 g/mol. The first-order valence-corrected chi connectivity index (χ1v) is 6.80. The van der Waals surface area contributed by atoms with Crippen molar-refractivity contribution < 1.29 is 9.47 Å². The van der Waals surface area contributed by atoms with Crippen molar-refractivity contribution in [2.75, 3.05) is 20.8 Å². The molecule has 3 nitrogen and oxygen atoms in total. The zero-order valence-electron chi connectivity index (χ0n) is 12.3. The van der Waals surface area contributed by atoms with Crippen molar-refractivity contribution >= 4 is 0 Å². The SMILES string of the molecule is CCNCc1cc(OC)ccc1-c1ccc(OC)cc1. The molecule has 0 saturated heterocycles. The Morgan fingerprint density at radius 1 is 0.900 bits per heavy atom. The second-order valence-corrected chi connectivity index (χ2v) is 4.53. The summed E-state index contributed by atoms with van der Waals surface area (Å²) >= 11 is 0. The second kappa shape index (κ2) is 6.96. The molecule has 106 valence electrons. The van der Waals surface area contributed by atoms with Gasteiger partial charge in [-0.15, -0.1) is 0 Å². The van der Waals surface area contributed by atoms with Crippen molar-refractivity contribution in [3.63, 3.8) is 0 Å². The Hall–Kier alpha value is -2.00. The van der Waals surface area contributed by atoms with Crippen molar-refractivity contribution in [2.45, 2.75) is 13.5 Å². The smallest absolute Gasteiger partial charge is 0.119 e. The Balaban J connectivity index is 2.37. The van der Waals surface area contributed by atoms with E-state index < -0.39 is 0 Å². The van der Waals surface area contributed by atoms with E-state index in [0.29, 0.717) is 0 Å². The van der Waals surface area contributed by atoms with Gasteiger partial charge in [0.25, 0.3) is 0 Å². The minimum Gasteiger partial charge on any atom is -0.497 e. The lowest BCUT2D eigenvalue weighted by atomic mass is 9.99. The van der Waals surface area contributed by atoms with E-state index in [2.05, 4.69) is 36.5 Å². The molecule has 3 heteroatoms. The zero-order valence-corrected chi connectivity index (χ0v) is 12.3. The molecule has 2 aromatic carbocycles. The Bertz CT molecular complexity index is 549. The van der Waals surface area contributed by atoms with Gasteiger partial charge in [-0.1, -0.05) is 25.1 Å². The van der Waals surface area contributed by atoms with Gasteiger partial charge in [-0.25, -0.2) is 0 Å². The average Bonchev–Trinajstić information content (AvgIpc) is 2.52. The molecular weight excluding hydrogens is 250 g/mol. The minimum atomic E-state index is 0.828. The fourth-order valence-corrected chi connectivity index (χ4v) is 2.16. The molecule has 0 radical (unpaired) electrons. The number of nitrogens with one attached hydrogen (secondary N) is 1. The number of rotatable bonds is 6. The molecule has 1 N–H and O–H groups in total. The summed E-state index contributed by atoms with van der Waals surface area (Å²) in [5, 5.41) is 3.37. The van der Waals surface area contributed by atoms with Gasteiger partial charge in [-0.3, -0.25) is 0 Å². The van der Waals surface area contributed by atoms with Gasteiger partial charge in [0, 0.05) is 6.54 Å². The summed E-state index contributed by atoms with van der Waals surface area (Å²) in [6, 6.07) is 14.3. The number of hydrogen-bond acceptors (Lipinski definition) is 3. The number of benzene rings is 2. The minimum absolute atomic E-state index is 0.828. The topological polar surface area (TPSA) is 30.5 Å². The lowest BCUT2D eigenvalue weighted by molar-refractivity contribution is 0.414. The second-order valence-electron chi connectivity index (χ2n) is 4.53. The lowest BCUT2D eigenvalue weighted by Gasteiger charge is -2.12. The Labute approximate surface area is 120 Å². The summed E-state index contributed by atoms with van der Waals surface area (Å²) in [5.41, 5.74) is 3.63. The highest BCUT2D eigenvalue weighted by molar-refractivity contribution is 5.69. The van der Waals surface area contributed by atoms with Gasteiger partial charge in [0.2, 0.25) is 0 Å². The molecule has 0 amide bonds. The van der Waals surface area contributed by atoms with Crippen molar-refractivity contribution in [3.8, 4) is 22.6 Å². The molecule has 0 heterocycles. The van der Waals surface area contributed by atoms with Gasteiger partial charge in [0.1, 0.15) is 11.5 Å². The first-order valence-electron chi connectivity index (χ1n) is 6.80. The number of methoxy groups -OCH3 is 2. The predicted molar refractivity (Wildman–Crippen MR) is 82.4 cm³/mol. The number of hydrogen-bond donors (Lipinski definition) is 1. The Morgan fingerprint density at radius 3 is 2.15 bits per heavy atom. The normalized spacial score (nSPS) is 10.3. The third-order valence-electron chi connectivity index (χ3n) is 3.28. The van der Waals surface area contributed by atoms with Crippen molar-refractivity contribution in [1.29, 1.82) is 0 Å². The molecule has 0 unspecified atom stereocenters. The summed E-state index contributed by atoms with van der Waals surface area (Å²) in [7, 11) is 3.37. The summed E-state index contributed by atoms with van der Waals surface area (Å²) in [6.45, 7) is 3.88. The van der Waals surface area contributed by atoms with Crippen LogP contribution in [0, 0.1) is 0 Å². The van der Waals surface area contributed by atoms with E-state index in [0.717, 1.165) is 24.6 Å². The third kappa shape index (κ3) is 3.31. The highest BCUT2D eigenvalue weighted by Gasteiger charge is 2.07. The summed E-state index contributed by atoms with van der Waals surface area (Å²) < 4.78 is 10.5. The van der Waals surface area contributed by atoms with Crippen LogP contribution in [0.15, 0.2) is 42.5 Å². The third-order valence-corrected chi connectivity index (χ3v) is 3.28. The van der Waals surface area contributed by atoms with Gasteiger partial charge in [0.05, 0.1) is 14.2 Å². The molecule has 0 bridgehead atoms. The van der Waals surface area contributed by atoms with Crippen molar-refractivity contribution in [2.24, 2.45) is 0 Å². The highest BCUT2D eigenvalue weighted by atomic mass is 16.5. The van der Waals surface area contributed by atoms with Crippen LogP contribution < -0.4 is 14.8 Å². The Morgan fingerprint density at radius 2 is 1.55 bits per heavy atom. The van der Waals surface area contributed by atoms with Crippen molar-refractivity contribution in [1.82, 2.24) is 5.32 Å². The molecule has 0 aromatic heterocycles. The van der Waals surface area contributed by atoms with Crippen LogP contribution in [0.1, 0.15) is 12.5 Å². The summed E-state index contributed by atoms with van der Waals surface area (Å²) in [4.78, 5) is 0. The van der Waals surface area contributed by atoms with Gasteiger partial charge in [-0.05, 0) is 47.5 Å². The maximum atomic E-state index is 5.31. The van der Waals surface area contributed by atoms with Crippen LogP contribution in [-0.4, -0.2) is 20.8 Å². The summed E-state index contributed by atoms with van der Waals surface area (Å²) in [5.74, 6) is 1.76. The maximum Gasteiger partial charge on any atom is 0.119 e. The van der Waals surface area contributed by atoms with Crippen LogP contribution in [0.25, 0.3) is 11.1 Å². The van der Waals surface area contributed by atoms with Crippen LogP contribution in [0.3, 0.4) is 0 Å². The van der Waals surface area contributed by atoms with E-state index in [9.17, 15) is 0 Å². The molecule has 0 saturated carbocycles. The molecule has 0 aliphatic rings. The van der Waals surface area contributed by atoms with Gasteiger partial charge in [-0.2, -0.15) is 0 Å². The fraction of sp³-hybridized carbons (Fsp3) is 0.294. The first-order chi connectivity index (χ1) is 9.78. The molecular formula is C17H21NO2. The largest absolute Gasteiger partial charge is 0.497 e. The molecule has 0 fully saturated rings. The van der Waals surface area contributed by atoms with E-state index in [1.165, 1.54) is 16.7 Å². The van der Waals surface area contributed by atoms with E-state index in [1.807, 2.05) is 18.2 Å². The van der Waals surface area contributed by atoms with Crippen LogP contribution in [0.4, 0.5) is 0 Å². The maximum absolute atomic E-state index is 5.31. The summed E-state index contributed by atoms with van der Waals surface area (Å²) in [6.07, 6.45) is 0.